The van der Waals surface area contributed by atoms with E-state index >= 15 is 0 Å². The van der Waals surface area contributed by atoms with E-state index in [4.69, 9.17) is 16.3 Å². The summed E-state index contributed by atoms with van der Waals surface area (Å²) in [6.07, 6.45) is 1.80. The van der Waals surface area contributed by atoms with E-state index in [-0.39, 0.29) is 30.4 Å². The van der Waals surface area contributed by atoms with E-state index in [2.05, 4.69) is 57.0 Å². The number of piperazine rings is 1. The highest BCUT2D eigenvalue weighted by Gasteiger charge is 2.30. The number of amides is 2. The van der Waals surface area contributed by atoms with Crippen LogP contribution in [0.3, 0.4) is 0 Å². The van der Waals surface area contributed by atoms with Crippen molar-refractivity contribution in [2.45, 2.75) is 18.9 Å². The molecule has 2 N–H and O–H groups in total. The van der Waals surface area contributed by atoms with Crippen molar-refractivity contribution in [3.8, 4) is 0 Å². The van der Waals surface area contributed by atoms with Gasteiger partial charge in [-0.15, -0.1) is 0 Å². The number of ether oxygens (including phenoxy) is 1. The standard InChI is InChI=1S/C25H31ClN4O3/c26-22-10-8-20(9-11-22)24(19-4-2-1-3-5-19)30-14-12-29(13-15-30)16-17-33-18-23(31)27-28-25(32)21-6-7-21/h1-5,8-11,21,24H,6-7,12-18H2,(H,27,31)(H,28,32). The van der Waals surface area contributed by atoms with Crippen molar-refractivity contribution < 1.29 is 14.3 Å². The van der Waals surface area contributed by atoms with Gasteiger partial charge in [0.2, 0.25) is 5.91 Å². The molecule has 8 heteroatoms. The maximum atomic E-state index is 11.8. The third-order valence-electron chi connectivity index (χ3n) is 6.13. The maximum Gasteiger partial charge on any atom is 0.264 e. The normalized spacial score (nSPS) is 18.0. The van der Waals surface area contributed by atoms with Crippen LogP contribution in [0.15, 0.2) is 54.6 Å². The van der Waals surface area contributed by atoms with E-state index in [1.165, 1.54) is 11.1 Å². The fraction of sp³-hybridized carbons (Fsp3) is 0.440. The van der Waals surface area contributed by atoms with Gasteiger partial charge in [0.1, 0.15) is 6.61 Å². The number of hydrogen-bond acceptors (Lipinski definition) is 5. The molecule has 0 aromatic heterocycles. The molecule has 1 aliphatic carbocycles. The van der Waals surface area contributed by atoms with Gasteiger partial charge >= 0.3 is 0 Å². The Kier molecular flexibility index (Phi) is 8.34. The highest BCUT2D eigenvalue weighted by Crippen LogP contribution is 2.30. The van der Waals surface area contributed by atoms with Crippen molar-refractivity contribution in [1.29, 1.82) is 0 Å². The molecule has 33 heavy (non-hydrogen) atoms. The Bertz CT molecular complexity index is 913. The van der Waals surface area contributed by atoms with Crippen LogP contribution in [0, 0.1) is 5.92 Å². The second-order valence-electron chi connectivity index (χ2n) is 8.61. The molecule has 2 aromatic carbocycles. The number of hydrogen-bond donors (Lipinski definition) is 2. The Morgan fingerprint density at radius 3 is 2.27 bits per heavy atom. The molecule has 1 aliphatic heterocycles. The average Bonchev–Trinajstić information content (AvgIpc) is 3.69. The molecule has 2 fully saturated rings. The molecular formula is C25H31ClN4O3. The van der Waals surface area contributed by atoms with Gasteiger partial charge in [-0.2, -0.15) is 0 Å². The van der Waals surface area contributed by atoms with Crippen LogP contribution in [-0.2, 0) is 14.3 Å². The Labute approximate surface area is 200 Å². The quantitative estimate of drug-likeness (QED) is 0.435. The van der Waals surface area contributed by atoms with Crippen molar-refractivity contribution >= 4 is 23.4 Å². The molecule has 2 aromatic rings. The first-order valence-electron chi connectivity index (χ1n) is 11.5. The zero-order valence-corrected chi connectivity index (χ0v) is 19.5. The van der Waals surface area contributed by atoms with E-state index in [0.717, 1.165) is 50.6 Å². The first-order valence-corrected chi connectivity index (χ1v) is 11.9. The largest absolute Gasteiger partial charge is 0.370 e. The lowest BCUT2D eigenvalue weighted by molar-refractivity contribution is -0.132. The monoisotopic (exact) mass is 470 g/mol. The lowest BCUT2D eigenvalue weighted by Gasteiger charge is -2.39. The van der Waals surface area contributed by atoms with E-state index < -0.39 is 0 Å². The van der Waals surface area contributed by atoms with Crippen LogP contribution >= 0.6 is 11.6 Å². The summed E-state index contributed by atoms with van der Waals surface area (Å²) in [6.45, 7) is 4.94. The molecule has 7 nitrogen and oxygen atoms in total. The Morgan fingerprint density at radius 1 is 0.939 bits per heavy atom. The topological polar surface area (TPSA) is 73.9 Å². The fourth-order valence-corrected chi connectivity index (χ4v) is 4.24. The summed E-state index contributed by atoms with van der Waals surface area (Å²) in [6, 6.07) is 18.9. The van der Waals surface area contributed by atoms with Gasteiger partial charge in [0, 0.05) is 43.7 Å². The number of carbonyl (C=O) groups is 2. The van der Waals surface area contributed by atoms with Gasteiger partial charge < -0.3 is 4.74 Å². The maximum absolute atomic E-state index is 11.8. The van der Waals surface area contributed by atoms with Crippen molar-refractivity contribution in [1.82, 2.24) is 20.7 Å². The first-order chi connectivity index (χ1) is 16.1. The molecule has 0 radical (unpaired) electrons. The van der Waals surface area contributed by atoms with Crippen molar-refractivity contribution in [2.75, 3.05) is 45.9 Å². The molecule has 0 spiro atoms. The second-order valence-corrected chi connectivity index (χ2v) is 9.04. The molecule has 2 aliphatic rings. The highest BCUT2D eigenvalue weighted by atomic mass is 35.5. The highest BCUT2D eigenvalue weighted by molar-refractivity contribution is 6.30. The summed E-state index contributed by atoms with van der Waals surface area (Å²) in [5.74, 6) is -0.387. The molecule has 1 saturated carbocycles. The van der Waals surface area contributed by atoms with Gasteiger partial charge in [0.05, 0.1) is 12.6 Å². The number of nitrogens with zero attached hydrogens (tertiary/aromatic N) is 2. The summed E-state index contributed by atoms with van der Waals surface area (Å²) >= 11 is 6.12. The van der Waals surface area contributed by atoms with Gasteiger partial charge in [-0.1, -0.05) is 54.1 Å². The summed E-state index contributed by atoms with van der Waals surface area (Å²) in [7, 11) is 0. The van der Waals surface area contributed by atoms with E-state index in [9.17, 15) is 9.59 Å². The number of rotatable bonds is 9. The number of hydrazine groups is 1. The molecule has 4 rings (SSSR count). The lowest BCUT2D eigenvalue weighted by Crippen LogP contribution is -2.48. The predicted molar refractivity (Wildman–Crippen MR) is 128 cm³/mol. The van der Waals surface area contributed by atoms with Gasteiger partial charge in [-0.3, -0.25) is 30.2 Å². The van der Waals surface area contributed by atoms with E-state index in [1.54, 1.807) is 0 Å². The summed E-state index contributed by atoms with van der Waals surface area (Å²) in [5, 5.41) is 0.745. The SMILES string of the molecule is O=C(COCCN1CCN(C(c2ccccc2)c2ccc(Cl)cc2)CC1)NNC(=O)C1CC1. The average molecular weight is 471 g/mol. The zero-order chi connectivity index (χ0) is 23.0. The molecule has 1 unspecified atom stereocenters. The molecule has 2 amide bonds. The summed E-state index contributed by atoms with van der Waals surface area (Å²) in [4.78, 5) is 28.2. The summed E-state index contributed by atoms with van der Waals surface area (Å²) < 4.78 is 5.50. The first kappa shape index (κ1) is 23.7. The predicted octanol–water partition coefficient (Wildman–Crippen LogP) is 2.62. The molecule has 1 saturated heterocycles. The minimum atomic E-state index is -0.331. The molecule has 1 atom stereocenters. The molecule has 176 valence electrons. The smallest absolute Gasteiger partial charge is 0.264 e. The van der Waals surface area contributed by atoms with Crippen LogP contribution in [-0.4, -0.2) is 67.6 Å². The van der Waals surface area contributed by atoms with Crippen LogP contribution in [0.1, 0.15) is 30.0 Å². The number of nitrogens with one attached hydrogen (secondary N) is 2. The van der Waals surface area contributed by atoms with E-state index in [1.807, 2.05) is 18.2 Å². The number of benzene rings is 2. The van der Waals surface area contributed by atoms with Crippen LogP contribution < -0.4 is 10.9 Å². The number of halogens is 1. The minimum Gasteiger partial charge on any atom is -0.370 e. The van der Waals surface area contributed by atoms with Crippen LogP contribution in [0.25, 0.3) is 0 Å². The van der Waals surface area contributed by atoms with Crippen molar-refractivity contribution in [2.24, 2.45) is 5.92 Å². The zero-order valence-electron chi connectivity index (χ0n) is 18.7. The molecule has 1 heterocycles. The number of carbonyl (C=O) groups excluding carboxylic acids is 2. The summed E-state index contributed by atoms with van der Waals surface area (Å²) in [5.41, 5.74) is 7.35. The second kappa shape index (κ2) is 11.6. The van der Waals surface area contributed by atoms with Gasteiger partial charge in [0.15, 0.2) is 0 Å². The van der Waals surface area contributed by atoms with Crippen LogP contribution in [0.5, 0.6) is 0 Å². The third-order valence-corrected chi connectivity index (χ3v) is 6.38. The van der Waals surface area contributed by atoms with Crippen molar-refractivity contribution in [3.05, 3.63) is 70.7 Å². The lowest BCUT2D eigenvalue weighted by atomic mass is 9.96. The van der Waals surface area contributed by atoms with Crippen LogP contribution in [0.4, 0.5) is 0 Å². The third kappa shape index (κ3) is 7.01. The Balaban J connectivity index is 1.21. The van der Waals surface area contributed by atoms with Gasteiger partial charge in [0.25, 0.3) is 5.91 Å². The van der Waals surface area contributed by atoms with Gasteiger partial charge in [-0.25, -0.2) is 0 Å². The minimum absolute atomic E-state index is 0.0580. The fourth-order valence-electron chi connectivity index (χ4n) is 4.11. The van der Waals surface area contributed by atoms with Gasteiger partial charge in [-0.05, 0) is 36.1 Å². The van der Waals surface area contributed by atoms with E-state index in [0.29, 0.717) is 6.61 Å². The molecule has 0 bridgehead atoms. The Hall–Kier alpha value is -2.45. The molecular weight excluding hydrogens is 440 g/mol. The van der Waals surface area contributed by atoms with Crippen molar-refractivity contribution in [3.63, 3.8) is 0 Å². The Morgan fingerprint density at radius 2 is 1.61 bits per heavy atom. The van der Waals surface area contributed by atoms with Crippen LogP contribution in [0.2, 0.25) is 5.02 Å².